The second kappa shape index (κ2) is 8.96. The van der Waals surface area contributed by atoms with Crippen LogP contribution in [0.4, 0.5) is 5.13 Å². The van der Waals surface area contributed by atoms with E-state index >= 15 is 0 Å². The molecule has 0 saturated heterocycles. The van der Waals surface area contributed by atoms with E-state index in [0.717, 1.165) is 21.7 Å². The Morgan fingerprint density at radius 2 is 1.62 bits per heavy atom. The van der Waals surface area contributed by atoms with Gasteiger partial charge in [-0.05, 0) is 31.5 Å². The number of benzene rings is 2. The third-order valence-electron chi connectivity index (χ3n) is 4.46. The van der Waals surface area contributed by atoms with Crippen LogP contribution in [0.1, 0.15) is 16.0 Å². The summed E-state index contributed by atoms with van der Waals surface area (Å²) in [5, 5.41) is 3.47. The van der Waals surface area contributed by atoms with Crippen molar-refractivity contribution in [2.45, 2.75) is 20.3 Å². The number of carbonyl (C=O) groups is 1. The number of thiazole rings is 1. The zero-order valence-corrected chi connectivity index (χ0v) is 18.0. The van der Waals surface area contributed by atoms with E-state index in [4.69, 9.17) is 14.2 Å². The highest BCUT2D eigenvalue weighted by molar-refractivity contribution is 7.16. The Balaban J connectivity index is 1.76. The van der Waals surface area contributed by atoms with Crippen LogP contribution in [0, 0.1) is 13.8 Å². The smallest absolute Gasteiger partial charge is 0.230 e. The number of aryl methyl sites for hydroxylation is 2. The molecule has 3 rings (SSSR count). The van der Waals surface area contributed by atoms with E-state index in [2.05, 4.69) is 22.4 Å². The van der Waals surface area contributed by atoms with Crippen molar-refractivity contribution in [1.29, 1.82) is 0 Å². The van der Waals surface area contributed by atoms with Gasteiger partial charge in [0.25, 0.3) is 0 Å². The van der Waals surface area contributed by atoms with Gasteiger partial charge >= 0.3 is 0 Å². The number of ether oxygens (including phenoxy) is 3. The summed E-state index contributed by atoms with van der Waals surface area (Å²) in [6.45, 7) is 4.05. The van der Waals surface area contributed by atoms with Gasteiger partial charge in [-0.2, -0.15) is 0 Å². The lowest BCUT2D eigenvalue weighted by Gasteiger charge is -2.13. The molecule has 0 spiro atoms. The van der Waals surface area contributed by atoms with Crippen LogP contribution in [0.15, 0.2) is 36.4 Å². The molecule has 1 aromatic heterocycles. The lowest BCUT2D eigenvalue weighted by molar-refractivity contribution is -0.115. The average molecular weight is 413 g/mol. The van der Waals surface area contributed by atoms with Crippen LogP contribution in [0.3, 0.4) is 0 Å². The molecule has 2 aromatic carbocycles. The first-order chi connectivity index (χ1) is 13.9. The fraction of sp³-hybridized carbons (Fsp3) is 0.273. The van der Waals surface area contributed by atoms with Crippen molar-refractivity contribution in [3.8, 4) is 28.5 Å². The van der Waals surface area contributed by atoms with Crippen molar-refractivity contribution in [2.75, 3.05) is 26.6 Å². The van der Waals surface area contributed by atoms with E-state index in [0.29, 0.717) is 22.4 Å². The van der Waals surface area contributed by atoms with E-state index in [1.807, 2.05) is 26.0 Å². The molecule has 0 aliphatic heterocycles. The van der Waals surface area contributed by atoms with Gasteiger partial charge in [-0.3, -0.25) is 4.79 Å². The molecule has 0 bridgehead atoms. The maximum atomic E-state index is 12.6. The lowest BCUT2D eigenvalue weighted by atomic mass is 10.1. The predicted octanol–water partition coefficient (Wildman–Crippen LogP) is 4.63. The molecule has 0 atom stereocenters. The zero-order valence-electron chi connectivity index (χ0n) is 17.2. The van der Waals surface area contributed by atoms with Gasteiger partial charge in [0, 0.05) is 10.4 Å². The molecule has 6 nitrogen and oxygen atoms in total. The maximum absolute atomic E-state index is 12.6. The van der Waals surface area contributed by atoms with Crippen molar-refractivity contribution in [2.24, 2.45) is 0 Å². The molecule has 3 aromatic rings. The molecule has 0 aliphatic rings. The predicted molar refractivity (Wildman–Crippen MR) is 115 cm³/mol. The number of aromatic nitrogens is 1. The van der Waals surface area contributed by atoms with Crippen LogP contribution < -0.4 is 19.5 Å². The number of amides is 1. The fourth-order valence-corrected chi connectivity index (χ4v) is 3.87. The highest BCUT2D eigenvalue weighted by Crippen LogP contribution is 2.38. The number of methoxy groups -OCH3 is 3. The molecule has 0 fully saturated rings. The molecule has 0 radical (unpaired) electrons. The second-order valence-electron chi connectivity index (χ2n) is 6.55. The third kappa shape index (κ3) is 4.68. The number of rotatable bonds is 7. The van der Waals surface area contributed by atoms with Crippen molar-refractivity contribution < 1.29 is 19.0 Å². The van der Waals surface area contributed by atoms with Crippen LogP contribution in [-0.4, -0.2) is 32.2 Å². The van der Waals surface area contributed by atoms with Crippen molar-refractivity contribution >= 4 is 22.4 Å². The van der Waals surface area contributed by atoms with E-state index in [9.17, 15) is 4.79 Å². The van der Waals surface area contributed by atoms with Crippen molar-refractivity contribution in [3.05, 3.63) is 52.4 Å². The average Bonchev–Trinajstić information content (AvgIpc) is 3.07. The molecule has 29 heavy (non-hydrogen) atoms. The van der Waals surface area contributed by atoms with Gasteiger partial charge in [0.1, 0.15) is 0 Å². The van der Waals surface area contributed by atoms with Crippen LogP contribution >= 0.6 is 11.3 Å². The summed E-state index contributed by atoms with van der Waals surface area (Å²) in [5.74, 6) is 1.36. The number of carbonyl (C=O) groups excluding carboxylic acids is 1. The van der Waals surface area contributed by atoms with Crippen LogP contribution in [0.5, 0.6) is 17.2 Å². The number of nitrogens with one attached hydrogen (secondary N) is 1. The summed E-state index contributed by atoms with van der Waals surface area (Å²) < 4.78 is 16.0. The number of hydrogen-bond donors (Lipinski definition) is 1. The second-order valence-corrected chi connectivity index (χ2v) is 7.75. The van der Waals surface area contributed by atoms with Crippen LogP contribution in [-0.2, 0) is 11.2 Å². The Morgan fingerprint density at radius 1 is 1.00 bits per heavy atom. The summed E-state index contributed by atoms with van der Waals surface area (Å²) >= 11 is 1.46. The quantitative estimate of drug-likeness (QED) is 0.612. The standard InChI is InChI=1S/C22H24N2O4S/c1-13-6-8-16(9-7-13)20-14(2)29-22(24-20)23-19(25)12-15-10-17(26-3)21(28-5)18(11-15)27-4/h6-11H,12H2,1-5H3,(H,23,24,25). The molecule has 0 saturated carbocycles. The van der Waals surface area contributed by atoms with E-state index in [1.165, 1.54) is 16.9 Å². The van der Waals surface area contributed by atoms with Crippen LogP contribution in [0.2, 0.25) is 0 Å². The van der Waals surface area contributed by atoms with Gasteiger partial charge in [0.2, 0.25) is 11.7 Å². The topological polar surface area (TPSA) is 69.7 Å². The molecule has 1 N–H and O–H groups in total. The molecule has 0 aliphatic carbocycles. The minimum Gasteiger partial charge on any atom is -0.493 e. The summed E-state index contributed by atoms with van der Waals surface area (Å²) in [6.07, 6.45) is 0.162. The SMILES string of the molecule is COc1cc(CC(=O)Nc2nc(-c3ccc(C)cc3)c(C)s2)cc(OC)c1OC. The van der Waals surface area contributed by atoms with Gasteiger partial charge in [-0.15, -0.1) is 11.3 Å². The largest absolute Gasteiger partial charge is 0.493 e. The summed E-state index contributed by atoms with van der Waals surface area (Å²) in [5.41, 5.74) is 3.87. The molecular formula is C22H24N2O4S. The molecule has 0 unspecified atom stereocenters. The highest BCUT2D eigenvalue weighted by Gasteiger charge is 2.16. The first-order valence-electron chi connectivity index (χ1n) is 9.08. The van der Waals surface area contributed by atoms with E-state index in [-0.39, 0.29) is 12.3 Å². The normalized spacial score (nSPS) is 10.5. The van der Waals surface area contributed by atoms with Crippen molar-refractivity contribution in [3.63, 3.8) is 0 Å². The first-order valence-corrected chi connectivity index (χ1v) is 9.90. The van der Waals surface area contributed by atoms with E-state index < -0.39 is 0 Å². The van der Waals surface area contributed by atoms with Crippen molar-refractivity contribution in [1.82, 2.24) is 4.98 Å². The summed E-state index contributed by atoms with van der Waals surface area (Å²) in [4.78, 5) is 18.2. The van der Waals surface area contributed by atoms with Gasteiger partial charge in [0.05, 0.1) is 33.4 Å². The minimum atomic E-state index is -0.163. The van der Waals surface area contributed by atoms with E-state index in [1.54, 1.807) is 33.5 Å². The van der Waals surface area contributed by atoms with Crippen LogP contribution in [0.25, 0.3) is 11.3 Å². The van der Waals surface area contributed by atoms with Gasteiger partial charge in [0.15, 0.2) is 16.6 Å². The highest BCUT2D eigenvalue weighted by atomic mass is 32.1. The molecule has 152 valence electrons. The summed E-state index contributed by atoms with van der Waals surface area (Å²) in [7, 11) is 4.64. The fourth-order valence-electron chi connectivity index (χ4n) is 3.02. The Bertz CT molecular complexity index is 987. The molecule has 1 heterocycles. The van der Waals surface area contributed by atoms with Gasteiger partial charge in [-0.1, -0.05) is 29.8 Å². The lowest BCUT2D eigenvalue weighted by Crippen LogP contribution is -2.14. The maximum Gasteiger partial charge on any atom is 0.230 e. The molecular weight excluding hydrogens is 388 g/mol. The Kier molecular flexibility index (Phi) is 6.39. The van der Waals surface area contributed by atoms with Gasteiger partial charge in [-0.25, -0.2) is 4.98 Å². The Morgan fingerprint density at radius 3 is 2.17 bits per heavy atom. The summed E-state index contributed by atoms with van der Waals surface area (Å²) in [6, 6.07) is 11.7. The molecule has 7 heteroatoms. The minimum absolute atomic E-state index is 0.162. The number of hydrogen-bond acceptors (Lipinski definition) is 6. The third-order valence-corrected chi connectivity index (χ3v) is 5.34. The number of nitrogens with zero attached hydrogens (tertiary/aromatic N) is 1. The Hall–Kier alpha value is -3.06. The number of anilines is 1. The monoisotopic (exact) mass is 412 g/mol. The van der Waals surface area contributed by atoms with Gasteiger partial charge < -0.3 is 19.5 Å². The zero-order chi connectivity index (χ0) is 21.0. The Labute approximate surface area is 174 Å². The first kappa shape index (κ1) is 20.7. The molecule has 1 amide bonds.